The number of hydrogen-bond acceptors (Lipinski definition) is 14. The molecule has 2 atom stereocenters. The summed E-state index contributed by atoms with van der Waals surface area (Å²) in [4.78, 5) is 12.2. The zero-order valence-electron chi connectivity index (χ0n) is 44.6. The minimum absolute atomic E-state index is 0.0407. The molecule has 3 aromatic carbocycles. The van der Waals surface area contributed by atoms with E-state index in [1.54, 1.807) is 54.9 Å². The monoisotopic (exact) mass is 1210 g/mol. The van der Waals surface area contributed by atoms with Gasteiger partial charge in [0.15, 0.2) is 0 Å². The van der Waals surface area contributed by atoms with Gasteiger partial charge in [-0.05, 0) is 110 Å². The van der Waals surface area contributed by atoms with E-state index in [1.807, 2.05) is 32.3 Å². The van der Waals surface area contributed by atoms with E-state index < -0.39 is 20.0 Å². The molecular formula is C53H70Cl4N12O8S2. The Bertz CT molecular complexity index is 2950. The lowest BCUT2D eigenvalue weighted by Crippen LogP contribution is -2.40. The van der Waals surface area contributed by atoms with Crippen LogP contribution >= 0.6 is 46.4 Å². The number of guanidine groups is 2. The van der Waals surface area contributed by atoms with Crippen LogP contribution in [0.1, 0.15) is 59.4 Å². The molecule has 3 aromatic rings. The molecule has 6 N–H and O–H groups in total. The molecule has 0 amide bonds. The van der Waals surface area contributed by atoms with Crippen LogP contribution in [0.4, 0.5) is 0 Å². The number of benzene rings is 3. The minimum Gasteiger partial charge on any atom is -0.378 e. The molecule has 26 heteroatoms. The third-order valence-corrected chi connectivity index (χ3v) is 16.6. The molecule has 2 aliphatic rings. The minimum atomic E-state index is -3.81. The number of unbranched alkanes of at least 4 members (excludes halogenated alkanes) is 1. The zero-order chi connectivity index (χ0) is 57.2. The molecule has 0 fully saturated rings. The Morgan fingerprint density at radius 3 is 1.73 bits per heavy atom. The van der Waals surface area contributed by atoms with Gasteiger partial charge in [-0.3, -0.25) is 0 Å². The molecule has 0 saturated heterocycles. The van der Waals surface area contributed by atoms with Crippen LogP contribution in [0.5, 0.6) is 0 Å². The summed E-state index contributed by atoms with van der Waals surface area (Å²) in [5, 5.41) is 32.8. The quantitative estimate of drug-likeness (QED) is 0.0138. The van der Waals surface area contributed by atoms with Crippen molar-refractivity contribution in [3.8, 4) is 12.4 Å². The Balaban J connectivity index is 0.843. The number of allylic oxidation sites excluding steroid dienone is 4. The number of nitrogens with zero attached hydrogens (tertiary/aromatic N) is 6. The predicted octanol–water partition coefficient (Wildman–Crippen LogP) is 6.20. The Morgan fingerprint density at radius 2 is 1.18 bits per heavy atom. The molecule has 430 valence electrons. The van der Waals surface area contributed by atoms with Crippen LogP contribution < -0.4 is 30.7 Å². The molecule has 0 unspecified atom stereocenters. The van der Waals surface area contributed by atoms with Crippen LogP contribution in [0.15, 0.2) is 98.7 Å². The van der Waals surface area contributed by atoms with Crippen molar-refractivity contribution in [2.24, 2.45) is 9.98 Å². The second-order valence-electron chi connectivity index (χ2n) is 18.5. The van der Waals surface area contributed by atoms with Crippen molar-refractivity contribution in [1.82, 2.24) is 40.5 Å². The van der Waals surface area contributed by atoms with Crippen LogP contribution in [-0.4, -0.2) is 158 Å². The van der Waals surface area contributed by atoms with Crippen molar-refractivity contribution < 1.29 is 35.8 Å². The van der Waals surface area contributed by atoms with Crippen LogP contribution in [0.2, 0.25) is 20.1 Å². The molecule has 79 heavy (non-hydrogen) atoms. The third kappa shape index (κ3) is 21.9. The van der Waals surface area contributed by atoms with Gasteiger partial charge in [0.1, 0.15) is 0 Å². The van der Waals surface area contributed by atoms with Gasteiger partial charge in [-0.1, -0.05) is 77.3 Å². The molecule has 0 bridgehead atoms. The lowest BCUT2D eigenvalue weighted by Gasteiger charge is -2.33. The summed E-state index contributed by atoms with van der Waals surface area (Å²) in [5.74, 6) is 0.471. The highest BCUT2D eigenvalue weighted by Crippen LogP contribution is 2.40. The van der Waals surface area contributed by atoms with E-state index in [0.717, 1.165) is 39.9 Å². The summed E-state index contributed by atoms with van der Waals surface area (Å²) < 4.78 is 79.4. The van der Waals surface area contributed by atoms with E-state index in [0.29, 0.717) is 104 Å². The lowest BCUT2D eigenvalue weighted by molar-refractivity contribution is 0.0520. The van der Waals surface area contributed by atoms with Crippen LogP contribution in [0.3, 0.4) is 0 Å². The fourth-order valence-electron chi connectivity index (χ4n) is 8.57. The van der Waals surface area contributed by atoms with Gasteiger partial charge in [0.2, 0.25) is 44.4 Å². The van der Waals surface area contributed by atoms with Crippen LogP contribution in [-0.2, 0) is 52.1 Å². The van der Waals surface area contributed by atoms with Gasteiger partial charge in [0.25, 0.3) is 0 Å². The number of hydrogen-bond donors (Lipinski definition) is 6. The maximum atomic E-state index is 13.2. The van der Waals surface area contributed by atoms with Crippen molar-refractivity contribution >= 4 is 78.4 Å². The summed E-state index contributed by atoms with van der Waals surface area (Å²) in [6, 6.07) is 14.2. The number of fused-ring (bicyclic) bond motifs is 2. The Kier molecular flexibility index (Phi) is 27.8. The maximum absolute atomic E-state index is 13.2. The fraction of sp³-hybridized carbons (Fsp3) is 0.472. The zero-order valence-corrected chi connectivity index (χ0v) is 49.3. The van der Waals surface area contributed by atoms with Crippen molar-refractivity contribution in [3.63, 3.8) is 0 Å². The Morgan fingerprint density at radius 1 is 0.684 bits per heavy atom. The molecule has 5 rings (SSSR count). The van der Waals surface area contributed by atoms with Crippen molar-refractivity contribution in [3.05, 3.63) is 132 Å². The van der Waals surface area contributed by atoms with Crippen molar-refractivity contribution in [2.75, 3.05) is 119 Å². The van der Waals surface area contributed by atoms with E-state index in [1.165, 1.54) is 13.0 Å². The first-order valence-electron chi connectivity index (χ1n) is 25.6. The first kappa shape index (κ1) is 65.0. The van der Waals surface area contributed by atoms with E-state index in [9.17, 15) is 16.8 Å². The topological polar surface area (TPSA) is 256 Å². The second kappa shape index (κ2) is 33.8. The summed E-state index contributed by atoms with van der Waals surface area (Å²) >= 11 is 25.6. The normalized spacial score (nSPS) is 16.5. The molecule has 2 aliphatic heterocycles. The fourth-order valence-corrected chi connectivity index (χ4v) is 11.6. The van der Waals surface area contributed by atoms with Gasteiger partial charge in [-0.25, -0.2) is 26.3 Å². The van der Waals surface area contributed by atoms with Gasteiger partial charge in [-0.2, -0.15) is 10.5 Å². The number of nitrogens with one attached hydrogen (secondary N) is 6. The van der Waals surface area contributed by atoms with E-state index in [4.69, 9.17) is 75.9 Å². The average molecular weight is 1210 g/mol. The highest BCUT2D eigenvalue weighted by molar-refractivity contribution is 7.93. The summed E-state index contributed by atoms with van der Waals surface area (Å²) in [6.07, 6.45) is 9.97. The highest BCUT2D eigenvalue weighted by Gasteiger charge is 2.29. The summed E-state index contributed by atoms with van der Waals surface area (Å²) in [7, 11) is -3.52. The molecule has 0 radical (unpaired) electrons. The largest absolute Gasteiger partial charge is 0.378 e. The first-order valence-corrected chi connectivity index (χ1v) is 30.1. The Labute approximate surface area is 485 Å². The smallest absolute Gasteiger partial charge is 0.240 e. The number of nitriles is 2. The van der Waals surface area contributed by atoms with Crippen molar-refractivity contribution in [1.29, 1.82) is 10.5 Å². The van der Waals surface area contributed by atoms with Crippen LogP contribution in [0.25, 0.3) is 0 Å². The van der Waals surface area contributed by atoms with Gasteiger partial charge in [0.05, 0.1) is 62.7 Å². The summed E-state index contributed by atoms with van der Waals surface area (Å²) in [5.41, 5.74) is 5.67. The molecule has 0 saturated carbocycles. The number of likely N-dealkylation sites (N-methyl/N-ethyl adjacent to an activating group) is 2. The van der Waals surface area contributed by atoms with Gasteiger partial charge < -0.3 is 50.0 Å². The van der Waals surface area contributed by atoms with Crippen molar-refractivity contribution in [2.45, 2.75) is 49.6 Å². The number of aliphatic imine (C=N–C) groups is 2. The molecule has 0 aromatic heterocycles. The van der Waals surface area contributed by atoms with Crippen LogP contribution in [0, 0.1) is 22.9 Å². The third-order valence-electron chi connectivity index (χ3n) is 12.5. The van der Waals surface area contributed by atoms with E-state index >= 15 is 0 Å². The molecule has 2 heterocycles. The van der Waals surface area contributed by atoms with Gasteiger partial charge in [0, 0.05) is 97.4 Å². The van der Waals surface area contributed by atoms with E-state index in [-0.39, 0.29) is 74.4 Å². The molecule has 20 nitrogen and oxygen atoms in total. The number of sulfonamides is 2. The molecule has 0 spiro atoms. The maximum Gasteiger partial charge on any atom is 0.240 e. The lowest BCUT2D eigenvalue weighted by atomic mass is 9.85. The first-order chi connectivity index (χ1) is 37.9. The predicted molar refractivity (Wildman–Crippen MR) is 311 cm³/mol. The summed E-state index contributed by atoms with van der Waals surface area (Å²) in [6.45, 7) is 12.5. The van der Waals surface area contributed by atoms with Gasteiger partial charge >= 0.3 is 0 Å². The van der Waals surface area contributed by atoms with E-state index in [2.05, 4.69) is 57.1 Å². The highest BCUT2D eigenvalue weighted by atomic mass is 35.5. The number of rotatable bonds is 31. The van der Waals surface area contributed by atoms with Gasteiger partial charge in [-0.15, -0.1) is 9.98 Å². The second-order valence-corrected chi connectivity index (χ2v) is 23.9. The SMILES string of the molecule is C=C(/C=C\C=C(/C)S(=O)(=O)NCCOCCOCCN/C(=N\C#N)NCCCCN/C(=N/C#N)NCCOCCOCCNS(=O)(=O)c1cccc([C@@H]2CN(C)Cc3c(Cl)cc(Cl)cc32)c1)[C@@H]1CN(C)Cc2c(Cl)cc(Cl)cc21. The standard InChI is InChI=1S/C53H70Cl4N12O8S2/c1-38(46-32-68(3)34-48-44(46)28-41(54)30-50(48)56)9-7-10-39(2)78(70,71)66-17-21-76-25-23-74-19-15-62-52(64-36-58)60-13-5-6-14-61-53(65-37-59)63-16-20-75-24-26-77-22-18-67-79(72,73)43-12-8-11-40(27-43)47-33-69(4)35-49-45(47)29-42(55)31-51(49)57/h7-12,27-31,46-47,66-67H,1,5-6,13-26,32-35H2,2-4H3,(H2,60,62,64)(H2,61,63,65)/b9-7-,39-10+/t46-,47-/m0/s1. The molecular weight excluding hydrogens is 1140 g/mol. The number of halogens is 4. The average Bonchev–Trinajstić information content (AvgIpc) is 3.55. The molecule has 0 aliphatic carbocycles. The Hall–Kier alpha value is -4.86. The number of ether oxygens (including phenoxy) is 4.